The Bertz CT molecular complexity index is 906. The number of aromatic nitrogens is 2. The van der Waals surface area contributed by atoms with Crippen LogP contribution in [-0.4, -0.2) is 59.2 Å². The SMILES string of the molecule is CCn1c(=O)n(C2CCN(CC3CCCCCCC3)CC2CCN(C)C)c2ccccc21. The number of para-hydroxylation sites is 2. The maximum absolute atomic E-state index is 13.5. The van der Waals surface area contributed by atoms with Gasteiger partial charge in [0.15, 0.2) is 0 Å². The average Bonchev–Trinajstić information content (AvgIpc) is 3.05. The number of fused-ring (bicyclic) bond motifs is 1. The van der Waals surface area contributed by atoms with Crippen LogP contribution in [0.25, 0.3) is 11.0 Å². The van der Waals surface area contributed by atoms with Crippen LogP contribution in [0.1, 0.15) is 70.8 Å². The van der Waals surface area contributed by atoms with Gasteiger partial charge in [-0.2, -0.15) is 0 Å². The minimum Gasteiger partial charge on any atom is -0.309 e. The van der Waals surface area contributed by atoms with E-state index >= 15 is 0 Å². The molecule has 1 aliphatic carbocycles. The van der Waals surface area contributed by atoms with Crippen molar-refractivity contribution in [2.24, 2.45) is 11.8 Å². The molecule has 2 aliphatic rings. The summed E-state index contributed by atoms with van der Waals surface area (Å²) in [4.78, 5) is 18.5. The number of hydrogen-bond donors (Lipinski definition) is 0. The fraction of sp³-hybridized carbons (Fsp3) is 0.741. The Kier molecular flexibility index (Phi) is 8.12. The number of likely N-dealkylation sites (tertiary alicyclic amines) is 1. The molecule has 0 radical (unpaired) electrons. The molecule has 178 valence electrons. The van der Waals surface area contributed by atoms with Gasteiger partial charge in [-0.05, 0) is 77.2 Å². The van der Waals surface area contributed by atoms with Gasteiger partial charge in [0.1, 0.15) is 0 Å². The number of aryl methyl sites for hydroxylation is 1. The van der Waals surface area contributed by atoms with Gasteiger partial charge in [-0.15, -0.1) is 0 Å². The fourth-order valence-corrected chi connectivity index (χ4v) is 6.26. The molecule has 2 aromatic rings. The summed E-state index contributed by atoms with van der Waals surface area (Å²) in [6, 6.07) is 8.69. The summed E-state index contributed by atoms with van der Waals surface area (Å²) in [5.74, 6) is 1.39. The number of imidazole rings is 1. The third-order valence-electron chi connectivity index (χ3n) is 7.98. The van der Waals surface area contributed by atoms with Crippen molar-refractivity contribution in [3.05, 3.63) is 34.7 Å². The van der Waals surface area contributed by atoms with Gasteiger partial charge >= 0.3 is 5.69 Å². The standard InChI is InChI=1S/C27H44N4O/c1-4-30-25-14-10-11-15-26(25)31(27(30)32)24-17-19-29(21-23(24)16-18-28(2)3)20-22-12-8-6-5-7-9-13-22/h10-11,14-15,22-24H,4-9,12-13,16-21H2,1-3H3. The molecule has 5 heteroatoms. The highest BCUT2D eigenvalue weighted by Gasteiger charge is 2.33. The quantitative estimate of drug-likeness (QED) is 0.608. The molecule has 1 saturated heterocycles. The molecule has 0 bridgehead atoms. The molecule has 1 aromatic carbocycles. The van der Waals surface area contributed by atoms with E-state index in [1.54, 1.807) is 0 Å². The highest BCUT2D eigenvalue weighted by molar-refractivity contribution is 5.76. The van der Waals surface area contributed by atoms with Crippen molar-refractivity contribution in [2.45, 2.75) is 77.3 Å². The lowest BCUT2D eigenvalue weighted by Gasteiger charge is -2.41. The molecule has 0 spiro atoms. The van der Waals surface area contributed by atoms with Gasteiger partial charge < -0.3 is 9.80 Å². The van der Waals surface area contributed by atoms with Gasteiger partial charge in [-0.3, -0.25) is 9.13 Å². The number of piperidine rings is 1. The second kappa shape index (κ2) is 11.0. The Morgan fingerprint density at radius 1 is 0.969 bits per heavy atom. The molecule has 2 heterocycles. The third-order valence-corrected chi connectivity index (χ3v) is 7.98. The van der Waals surface area contributed by atoms with Crippen molar-refractivity contribution in [3.63, 3.8) is 0 Å². The minimum atomic E-state index is 0.182. The molecule has 1 aromatic heterocycles. The van der Waals surface area contributed by atoms with E-state index < -0.39 is 0 Å². The molecule has 2 unspecified atom stereocenters. The van der Waals surface area contributed by atoms with Crippen molar-refractivity contribution < 1.29 is 0 Å². The molecular formula is C27H44N4O. The molecule has 32 heavy (non-hydrogen) atoms. The van der Waals surface area contributed by atoms with Crippen LogP contribution in [0.3, 0.4) is 0 Å². The van der Waals surface area contributed by atoms with Crippen molar-refractivity contribution in [2.75, 3.05) is 40.3 Å². The lowest BCUT2D eigenvalue weighted by atomic mass is 9.86. The lowest BCUT2D eigenvalue weighted by molar-refractivity contribution is 0.0926. The maximum Gasteiger partial charge on any atom is 0.329 e. The van der Waals surface area contributed by atoms with Crippen LogP contribution in [0.2, 0.25) is 0 Å². The minimum absolute atomic E-state index is 0.182. The van der Waals surface area contributed by atoms with E-state index in [9.17, 15) is 4.79 Å². The Morgan fingerprint density at radius 2 is 1.66 bits per heavy atom. The van der Waals surface area contributed by atoms with Crippen LogP contribution in [0.4, 0.5) is 0 Å². The zero-order valence-electron chi connectivity index (χ0n) is 20.6. The van der Waals surface area contributed by atoms with Gasteiger partial charge in [-0.1, -0.05) is 44.2 Å². The molecule has 2 atom stereocenters. The molecule has 1 saturated carbocycles. The normalized spacial score (nSPS) is 24.1. The van der Waals surface area contributed by atoms with Gasteiger partial charge in [-0.25, -0.2) is 4.79 Å². The van der Waals surface area contributed by atoms with Crippen molar-refractivity contribution in [1.82, 2.24) is 18.9 Å². The summed E-state index contributed by atoms with van der Waals surface area (Å²) >= 11 is 0. The van der Waals surface area contributed by atoms with Crippen LogP contribution in [0.15, 0.2) is 29.1 Å². The van der Waals surface area contributed by atoms with E-state index in [0.29, 0.717) is 12.0 Å². The first kappa shape index (κ1) is 23.6. The Labute approximate surface area is 194 Å². The second-order valence-corrected chi connectivity index (χ2v) is 10.6. The predicted octanol–water partition coefficient (Wildman–Crippen LogP) is 5.00. The molecule has 0 N–H and O–H groups in total. The van der Waals surface area contributed by atoms with E-state index in [4.69, 9.17) is 0 Å². The molecule has 4 rings (SSSR count). The van der Waals surface area contributed by atoms with Crippen LogP contribution >= 0.6 is 0 Å². The topological polar surface area (TPSA) is 33.4 Å². The zero-order valence-corrected chi connectivity index (χ0v) is 20.6. The smallest absolute Gasteiger partial charge is 0.309 e. The molecule has 2 fully saturated rings. The van der Waals surface area contributed by atoms with Crippen LogP contribution in [0.5, 0.6) is 0 Å². The van der Waals surface area contributed by atoms with Gasteiger partial charge in [0.05, 0.1) is 11.0 Å². The maximum atomic E-state index is 13.5. The van der Waals surface area contributed by atoms with Gasteiger partial charge in [0.2, 0.25) is 0 Å². The van der Waals surface area contributed by atoms with Crippen LogP contribution < -0.4 is 5.69 Å². The molecule has 1 aliphatic heterocycles. The highest BCUT2D eigenvalue weighted by atomic mass is 16.1. The molecule has 5 nitrogen and oxygen atoms in total. The molecule has 0 amide bonds. The Balaban J connectivity index is 1.56. The van der Waals surface area contributed by atoms with Crippen LogP contribution in [0, 0.1) is 11.8 Å². The first-order chi connectivity index (χ1) is 15.6. The van der Waals surface area contributed by atoms with Crippen molar-refractivity contribution in [1.29, 1.82) is 0 Å². The number of nitrogens with zero attached hydrogens (tertiary/aromatic N) is 4. The van der Waals surface area contributed by atoms with Gasteiger partial charge in [0, 0.05) is 32.2 Å². The third kappa shape index (κ3) is 5.31. The predicted molar refractivity (Wildman–Crippen MR) is 134 cm³/mol. The summed E-state index contributed by atoms with van der Waals surface area (Å²) in [5, 5.41) is 0. The van der Waals surface area contributed by atoms with E-state index in [2.05, 4.69) is 59.7 Å². The highest BCUT2D eigenvalue weighted by Crippen LogP contribution is 2.34. The Hall–Kier alpha value is -1.59. The summed E-state index contributed by atoms with van der Waals surface area (Å²) in [6.07, 6.45) is 12.2. The largest absolute Gasteiger partial charge is 0.329 e. The zero-order chi connectivity index (χ0) is 22.5. The number of rotatable bonds is 7. The van der Waals surface area contributed by atoms with E-state index in [1.165, 1.54) is 51.5 Å². The van der Waals surface area contributed by atoms with E-state index in [0.717, 1.165) is 56.0 Å². The first-order valence-electron chi connectivity index (χ1n) is 13.1. The second-order valence-electron chi connectivity index (χ2n) is 10.6. The van der Waals surface area contributed by atoms with Crippen molar-refractivity contribution >= 4 is 11.0 Å². The fourth-order valence-electron chi connectivity index (χ4n) is 6.26. The van der Waals surface area contributed by atoms with E-state index in [-0.39, 0.29) is 5.69 Å². The number of hydrogen-bond acceptors (Lipinski definition) is 3. The van der Waals surface area contributed by atoms with Crippen molar-refractivity contribution in [3.8, 4) is 0 Å². The molecular weight excluding hydrogens is 396 g/mol. The summed E-state index contributed by atoms with van der Waals surface area (Å²) < 4.78 is 4.12. The first-order valence-corrected chi connectivity index (χ1v) is 13.1. The Morgan fingerprint density at radius 3 is 2.34 bits per heavy atom. The number of benzene rings is 1. The average molecular weight is 441 g/mol. The summed E-state index contributed by atoms with van der Waals surface area (Å²) in [6.45, 7) is 7.41. The summed E-state index contributed by atoms with van der Waals surface area (Å²) in [7, 11) is 4.33. The van der Waals surface area contributed by atoms with Crippen LogP contribution in [-0.2, 0) is 6.54 Å². The van der Waals surface area contributed by atoms with Gasteiger partial charge in [0.25, 0.3) is 0 Å². The summed E-state index contributed by atoms with van der Waals surface area (Å²) in [5.41, 5.74) is 2.39. The van der Waals surface area contributed by atoms with E-state index in [1.807, 2.05) is 4.57 Å². The monoisotopic (exact) mass is 440 g/mol. The lowest BCUT2D eigenvalue weighted by Crippen LogP contribution is -2.46.